The van der Waals surface area contributed by atoms with Crippen LogP contribution in [-0.4, -0.2) is 38.3 Å². The topological polar surface area (TPSA) is 65.4 Å². The Bertz CT molecular complexity index is 498. The van der Waals surface area contributed by atoms with Crippen molar-refractivity contribution >= 4 is 11.6 Å². The maximum atomic E-state index is 12.8. The number of likely N-dealkylation sites (N-methyl/N-ethyl adjacent to an activating group) is 1. The van der Waals surface area contributed by atoms with Crippen LogP contribution in [0.1, 0.15) is 13.3 Å². The van der Waals surface area contributed by atoms with Crippen LogP contribution >= 0.6 is 0 Å². The molecule has 1 amide bonds. The number of ether oxygens (including phenoxy) is 1. The quantitative estimate of drug-likeness (QED) is 0.862. The van der Waals surface area contributed by atoms with E-state index < -0.39 is 0 Å². The van der Waals surface area contributed by atoms with Crippen LogP contribution in [0.25, 0.3) is 0 Å². The molecule has 1 heterocycles. The van der Waals surface area contributed by atoms with Gasteiger partial charge in [-0.3, -0.25) is 4.79 Å². The van der Waals surface area contributed by atoms with Gasteiger partial charge in [0.15, 0.2) is 0 Å². The summed E-state index contributed by atoms with van der Waals surface area (Å²) in [5.41, 5.74) is 0.833. The minimum Gasteiger partial charge on any atom is -0.379 e. The molecular formula is C16H21N3O2. The molecule has 0 aliphatic carbocycles. The lowest BCUT2D eigenvalue weighted by molar-refractivity contribution is -0.122. The lowest BCUT2D eigenvalue weighted by Gasteiger charge is -2.27. The second-order valence-corrected chi connectivity index (χ2v) is 5.04. The summed E-state index contributed by atoms with van der Waals surface area (Å²) in [6.07, 6.45) is 0.320. The summed E-state index contributed by atoms with van der Waals surface area (Å²) >= 11 is 0. The van der Waals surface area contributed by atoms with Gasteiger partial charge in [-0.25, -0.2) is 0 Å². The Morgan fingerprint density at radius 3 is 2.86 bits per heavy atom. The van der Waals surface area contributed by atoms with Gasteiger partial charge >= 0.3 is 0 Å². The molecule has 5 heteroatoms. The van der Waals surface area contributed by atoms with Crippen molar-refractivity contribution in [2.75, 3.05) is 31.2 Å². The largest absolute Gasteiger partial charge is 0.379 e. The molecule has 1 aliphatic heterocycles. The van der Waals surface area contributed by atoms with Crippen molar-refractivity contribution in [1.29, 1.82) is 5.26 Å². The molecule has 1 saturated heterocycles. The number of carbonyl (C=O) groups is 1. The van der Waals surface area contributed by atoms with E-state index in [4.69, 9.17) is 10.00 Å². The Balaban J connectivity index is 2.16. The molecule has 2 unspecified atom stereocenters. The second-order valence-electron chi connectivity index (χ2n) is 5.04. The average Bonchev–Trinajstić information content (AvgIpc) is 2.97. The number of rotatable bonds is 6. The zero-order valence-electron chi connectivity index (χ0n) is 12.3. The first-order valence-electron chi connectivity index (χ1n) is 7.32. The number of nitrogens with zero attached hydrogens (tertiary/aromatic N) is 2. The SMILES string of the molecule is CCNC1COCC1C(=O)N(CCC#N)c1ccccc1. The van der Waals surface area contributed by atoms with Crippen LogP contribution in [0.5, 0.6) is 0 Å². The Labute approximate surface area is 125 Å². The van der Waals surface area contributed by atoms with Gasteiger partial charge < -0.3 is 15.0 Å². The van der Waals surface area contributed by atoms with E-state index >= 15 is 0 Å². The van der Waals surface area contributed by atoms with Crippen molar-refractivity contribution in [3.05, 3.63) is 30.3 Å². The van der Waals surface area contributed by atoms with Gasteiger partial charge in [0.1, 0.15) is 0 Å². The molecule has 112 valence electrons. The first-order chi connectivity index (χ1) is 10.3. The number of hydrogen-bond donors (Lipinski definition) is 1. The molecule has 2 atom stereocenters. The first-order valence-corrected chi connectivity index (χ1v) is 7.32. The lowest BCUT2D eigenvalue weighted by Crippen LogP contribution is -2.46. The van der Waals surface area contributed by atoms with Crippen LogP contribution in [0.15, 0.2) is 30.3 Å². The molecule has 0 spiro atoms. The predicted molar refractivity (Wildman–Crippen MR) is 80.8 cm³/mol. The van der Waals surface area contributed by atoms with Crippen molar-refractivity contribution < 1.29 is 9.53 Å². The van der Waals surface area contributed by atoms with E-state index in [1.807, 2.05) is 37.3 Å². The third-order valence-corrected chi connectivity index (χ3v) is 3.65. The standard InChI is InChI=1S/C16H21N3O2/c1-2-18-15-12-21-11-14(15)16(20)19(10-6-9-17)13-7-4-3-5-8-13/h3-5,7-8,14-15,18H,2,6,10-12H2,1H3. The monoisotopic (exact) mass is 287 g/mol. The van der Waals surface area contributed by atoms with Gasteiger partial charge in [0, 0.05) is 18.3 Å². The fraction of sp³-hybridized carbons (Fsp3) is 0.500. The van der Waals surface area contributed by atoms with Crippen LogP contribution in [0.4, 0.5) is 5.69 Å². The summed E-state index contributed by atoms with van der Waals surface area (Å²) in [7, 11) is 0. The summed E-state index contributed by atoms with van der Waals surface area (Å²) in [5.74, 6) is -0.163. The van der Waals surface area contributed by atoms with E-state index in [0.29, 0.717) is 26.2 Å². The molecule has 2 rings (SSSR count). The molecule has 21 heavy (non-hydrogen) atoms. The summed E-state index contributed by atoms with van der Waals surface area (Å²) in [6, 6.07) is 11.7. The van der Waals surface area contributed by atoms with Gasteiger partial charge in [0.25, 0.3) is 0 Å². The van der Waals surface area contributed by atoms with Crippen molar-refractivity contribution in [2.45, 2.75) is 19.4 Å². The molecule has 1 aliphatic rings. The number of nitrogens with one attached hydrogen (secondary N) is 1. The van der Waals surface area contributed by atoms with Crippen LogP contribution in [0.3, 0.4) is 0 Å². The number of hydrogen-bond acceptors (Lipinski definition) is 4. The zero-order valence-corrected chi connectivity index (χ0v) is 12.3. The van der Waals surface area contributed by atoms with Gasteiger partial charge in [0.2, 0.25) is 5.91 Å². The number of para-hydroxylation sites is 1. The van der Waals surface area contributed by atoms with E-state index in [9.17, 15) is 4.79 Å². The molecule has 0 saturated carbocycles. The van der Waals surface area contributed by atoms with E-state index in [1.165, 1.54) is 0 Å². The highest BCUT2D eigenvalue weighted by atomic mass is 16.5. The number of anilines is 1. The molecule has 5 nitrogen and oxygen atoms in total. The Morgan fingerprint density at radius 1 is 1.43 bits per heavy atom. The van der Waals surface area contributed by atoms with E-state index in [1.54, 1.807) is 4.90 Å². The van der Waals surface area contributed by atoms with Crippen LogP contribution < -0.4 is 10.2 Å². The van der Waals surface area contributed by atoms with E-state index in [2.05, 4.69) is 11.4 Å². The minimum absolute atomic E-state index is 0.0277. The van der Waals surface area contributed by atoms with Gasteiger partial charge in [-0.2, -0.15) is 5.26 Å². The number of benzene rings is 1. The molecule has 1 aromatic rings. The molecule has 0 aromatic heterocycles. The highest BCUT2D eigenvalue weighted by Crippen LogP contribution is 2.22. The van der Waals surface area contributed by atoms with E-state index in [0.717, 1.165) is 12.2 Å². The maximum absolute atomic E-state index is 12.8. The van der Waals surface area contributed by atoms with Crippen LogP contribution in [-0.2, 0) is 9.53 Å². The Morgan fingerprint density at radius 2 is 2.19 bits per heavy atom. The predicted octanol–water partition coefficient (Wildman–Crippen LogP) is 1.56. The second kappa shape index (κ2) is 7.77. The highest BCUT2D eigenvalue weighted by Gasteiger charge is 2.36. The van der Waals surface area contributed by atoms with Crippen molar-refractivity contribution in [3.63, 3.8) is 0 Å². The van der Waals surface area contributed by atoms with E-state index in [-0.39, 0.29) is 17.9 Å². The van der Waals surface area contributed by atoms with Crippen molar-refractivity contribution in [3.8, 4) is 6.07 Å². The number of nitriles is 1. The summed E-state index contributed by atoms with van der Waals surface area (Å²) in [6.45, 7) is 4.23. The molecule has 0 radical (unpaired) electrons. The molecule has 0 bridgehead atoms. The fourth-order valence-electron chi connectivity index (χ4n) is 2.60. The van der Waals surface area contributed by atoms with Crippen molar-refractivity contribution in [1.82, 2.24) is 5.32 Å². The van der Waals surface area contributed by atoms with Crippen LogP contribution in [0.2, 0.25) is 0 Å². The third-order valence-electron chi connectivity index (χ3n) is 3.65. The fourth-order valence-corrected chi connectivity index (χ4v) is 2.60. The Kier molecular flexibility index (Phi) is 5.73. The summed E-state index contributed by atoms with van der Waals surface area (Å²) < 4.78 is 5.46. The molecule has 1 aromatic carbocycles. The molecule has 1 N–H and O–H groups in total. The summed E-state index contributed by atoms with van der Waals surface area (Å²) in [5, 5.41) is 12.1. The smallest absolute Gasteiger partial charge is 0.234 e. The third kappa shape index (κ3) is 3.81. The Hall–Kier alpha value is -1.90. The van der Waals surface area contributed by atoms with Crippen molar-refractivity contribution in [2.24, 2.45) is 5.92 Å². The maximum Gasteiger partial charge on any atom is 0.234 e. The highest BCUT2D eigenvalue weighted by molar-refractivity contribution is 5.95. The lowest BCUT2D eigenvalue weighted by atomic mass is 10.0. The number of carbonyl (C=O) groups excluding carboxylic acids is 1. The summed E-state index contributed by atoms with van der Waals surface area (Å²) in [4.78, 5) is 14.5. The number of amides is 1. The normalized spacial score (nSPS) is 21.0. The van der Waals surface area contributed by atoms with Gasteiger partial charge in [-0.1, -0.05) is 25.1 Å². The average molecular weight is 287 g/mol. The first kappa shape index (κ1) is 15.5. The van der Waals surface area contributed by atoms with Crippen LogP contribution in [0, 0.1) is 17.2 Å². The molecule has 1 fully saturated rings. The molecular weight excluding hydrogens is 266 g/mol. The van der Waals surface area contributed by atoms with Gasteiger partial charge in [0.05, 0.1) is 31.6 Å². The van der Waals surface area contributed by atoms with Gasteiger partial charge in [-0.15, -0.1) is 0 Å². The zero-order chi connectivity index (χ0) is 15.1. The van der Waals surface area contributed by atoms with Gasteiger partial charge in [-0.05, 0) is 18.7 Å². The minimum atomic E-state index is -0.191.